The predicted octanol–water partition coefficient (Wildman–Crippen LogP) is 4.52. The van der Waals surface area contributed by atoms with Crippen LogP contribution < -0.4 is 14.8 Å². The number of carbonyl (C=O) groups excluding carboxylic acids is 1. The molecule has 0 aliphatic carbocycles. The molecule has 26 heavy (non-hydrogen) atoms. The number of hydrogen-bond donors (Lipinski definition) is 1. The fourth-order valence-electron chi connectivity index (χ4n) is 2.51. The second kappa shape index (κ2) is 10.2. The van der Waals surface area contributed by atoms with E-state index in [-0.39, 0.29) is 5.91 Å². The van der Waals surface area contributed by atoms with E-state index in [4.69, 9.17) is 9.47 Å². The fraction of sp³-hybridized carbons (Fsp3) is 0.500. The molecule has 0 spiro atoms. The van der Waals surface area contributed by atoms with Gasteiger partial charge in [0.1, 0.15) is 4.88 Å². The molecule has 1 aromatic heterocycles. The number of hydrogen-bond acceptors (Lipinski definition) is 5. The summed E-state index contributed by atoms with van der Waals surface area (Å²) >= 11 is 1.48. The minimum Gasteiger partial charge on any atom is -0.493 e. The number of carbonyl (C=O) groups is 1. The molecule has 1 aromatic carbocycles. The summed E-state index contributed by atoms with van der Waals surface area (Å²) in [6, 6.07) is 5.75. The van der Waals surface area contributed by atoms with Crippen LogP contribution in [0.4, 0.5) is 0 Å². The van der Waals surface area contributed by atoms with E-state index in [1.54, 1.807) is 7.11 Å². The molecule has 0 radical (unpaired) electrons. The smallest absolute Gasteiger partial charge is 0.263 e. The molecule has 2 aromatic rings. The Balaban J connectivity index is 1.99. The van der Waals surface area contributed by atoms with Gasteiger partial charge in [-0.1, -0.05) is 26.3 Å². The van der Waals surface area contributed by atoms with Crippen LogP contribution in [0.25, 0.3) is 0 Å². The van der Waals surface area contributed by atoms with Crippen LogP contribution in [-0.2, 0) is 13.0 Å². The molecule has 0 aliphatic rings. The summed E-state index contributed by atoms with van der Waals surface area (Å²) in [5.74, 6) is 1.34. The molecule has 1 amide bonds. The minimum atomic E-state index is -0.0791. The van der Waals surface area contributed by atoms with Gasteiger partial charge in [0.15, 0.2) is 11.5 Å². The van der Waals surface area contributed by atoms with Crippen LogP contribution in [0.1, 0.15) is 59.0 Å². The Kier molecular flexibility index (Phi) is 7.91. The lowest BCUT2D eigenvalue weighted by Crippen LogP contribution is -2.22. The van der Waals surface area contributed by atoms with E-state index < -0.39 is 0 Å². The predicted molar refractivity (Wildman–Crippen MR) is 105 cm³/mol. The van der Waals surface area contributed by atoms with Crippen LogP contribution in [-0.4, -0.2) is 24.6 Å². The molecule has 2 rings (SSSR count). The Hall–Kier alpha value is -2.08. The van der Waals surface area contributed by atoms with Gasteiger partial charge in [-0.15, -0.1) is 11.3 Å². The molecule has 0 saturated heterocycles. The third-order valence-corrected chi connectivity index (χ3v) is 5.16. The number of nitrogens with one attached hydrogen (secondary N) is 1. The monoisotopic (exact) mass is 376 g/mol. The SMILES string of the molecule is CCCCOc1ccc(CNC(=O)c2sc(CCC)nc2C)cc1OC. The number of rotatable bonds is 10. The summed E-state index contributed by atoms with van der Waals surface area (Å²) in [6.45, 7) is 7.23. The van der Waals surface area contributed by atoms with Crippen molar-refractivity contribution in [3.05, 3.63) is 39.3 Å². The topological polar surface area (TPSA) is 60.5 Å². The van der Waals surface area contributed by atoms with Crippen LogP contribution in [0, 0.1) is 6.92 Å². The summed E-state index contributed by atoms with van der Waals surface area (Å²) in [6.07, 6.45) is 4.04. The summed E-state index contributed by atoms with van der Waals surface area (Å²) in [4.78, 5) is 17.6. The van der Waals surface area contributed by atoms with Gasteiger partial charge in [0.2, 0.25) is 0 Å². The normalized spacial score (nSPS) is 10.6. The number of unbranched alkanes of at least 4 members (excludes halogenated alkanes) is 1. The van der Waals surface area contributed by atoms with Gasteiger partial charge in [0.25, 0.3) is 5.91 Å². The van der Waals surface area contributed by atoms with Crippen molar-refractivity contribution in [2.45, 2.75) is 53.0 Å². The van der Waals surface area contributed by atoms with Gasteiger partial charge in [-0.3, -0.25) is 4.79 Å². The third kappa shape index (κ3) is 5.46. The summed E-state index contributed by atoms with van der Waals surface area (Å²) in [5.41, 5.74) is 1.77. The molecule has 142 valence electrons. The average molecular weight is 377 g/mol. The second-order valence-corrected chi connectivity index (χ2v) is 7.23. The lowest BCUT2D eigenvalue weighted by molar-refractivity contribution is 0.0954. The van der Waals surface area contributed by atoms with Gasteiger partial charge >= 0.3 is 0 Å². The maximum Gasteiger partial charge on any atom is 0.263 e. The van der Waals surface area contributed by atoms with Crippen LogP contribution in [0.5, 0.6) is 11.5 Å². The number of aromatic nitrogens is 1. The molecule has 0 fully saturated rings. The first-order valence-corrected chi connectivity index (χ1v) is 9.94. The Morgan fingerprint density at radius 2 is 2.04 bits per heavy atom. The molecule has 1 N–H and O–H groups in total. The van der Waals surface area contributed by atoms with Crippen molar-refractivity contribution in [3.8, 4) is 11.5 Å². The highest BCUT2D eigenvalue weighted by molar-refractivity contribution is 7.13. The number of nitrogens with zero attached hydrogens (tertiary/aromatic N) is 1. The minimum absolute atomic E-state index is 0.0791. The number of methoxy groups -OCH3 is 1. The molecule has 0 aliphatic heterocycles. The number of thiazole rings is 1. The molecular formula is C20H28N2O3S. The molecule has 0 atom stereocenters. The van der Waals surface area contributed by atoms with E-state index in [1.807, 2.05) is 25.1 Å². The Bertz CT molecular complexity index is 728. The van der Waals surface area contributed by atoms with Crippen molar-refractivity contribution in [2.75, 3.05) is 13.7 Å². The first-order chi connectivity index (χ1) is 12.6. The van der Waals surface area contributed by atoms with Crippen LogP contribution >= 0.6 is 11.3 Å². The standard InChI is InChI=1S/C20H28N2O3S/c1-5-7-11-25-16-10-9-15(12-17(16)24-4)13-21-20(23)19-14(3)22-18(26-19)8-6-2/h9-10,12H,5-8,11,13H2,1-4H3,(H,21,23). The zero-order chi connectivity index (χ0) is 18.9. The molecule has 1 heterocycles. The van der Waals surface area contributed by atoms with Crippen LogP contribution in [0.3, 0.4) is 0 Å². The summed E-state index contributed by atoms with van der Waals surface area (Å²) in [5, 5.41) is 3.99. The largest absolute Gasteiger partial charge is 0.493 e. The van der Waals surface area contributed by atoms with Gasteiger partial charge in [0.05, 0.1) is 24.4 Å². The molecule has 0 bridgehead atoms. The van der Waals surface area contributed by atoms with Gasteiger partial charge in [0, 0.05) is 6.54 Å². The Morgan fingerprint density at radius 3 is 2.73 bits per heavy atom. The van der Waals surface area contributed by atoms with Gasteiger partial charge in [-0.25, -0.2) is 4.98 Å². The zero-order valence-electron chi connectivity index (χ0n) is 16.1. The Morgan fingerprint density at radius 1 is 1.23 bits per heavy atom. The van der Waals surface area contributed by atoms with Gasteiger partial charge < -0.3 is 14.8 Å². The van der Waals surface area contributed by atoms with Crippen molar-refractivity contribution in [3.63, 3.8) is 0 Å². The maximum atomic E-state index is 12.5. The number of amides is 1. The number of aryl methyl sites for hydroxylation is 2. The molecular weight excluding hydrogens is 348 g/mol. The highest BCUT2D eigenvalue weighted by Crippen LogP contribution is 2.28. The molecule has 5 nitrogen and oxygen atoms in total. The lowest BCUT2D eigenvalue weighted by Gasteiger charge is -2.12. The fourth-order valence-corrected chi connectivity index (χ4v) is 3.60. The number of benzene rings is 1. The van der Waals surface area contributed by atoms with E-state index in [9.17, 15) is 4.79 Å². The summed E-state index contributed by atoms with van der Waals surface area (Å²) in [7, 11) is 1.63. The van der Waals surface area contributed by atoms with Gasteiger partial charge in [-0.2, -0.15) is 0 Å². The second-order valence-electron chi connectivity index (χ2n) is 6.14. The van der Waals surface area contributed by atoms with Crippen molar-refractivity contribution in [2.24, 2.45) is 0 Å². The highest BCUT2D eigenvalue weighted by atomic mass is 32.1. The quantitative estimate of drug-likeness (QED) is 0.619. The third-order valence-electron chi connectivity index (χ3n) is 3.95. The van der Waals surface area contributed by atoms with Gasteiger partial charge in [-0.05, 0) is 43.9 Å². The first kappa shape index (κ1) is 20.2. The highest BCUT2D eigenvalue weighted by Gasteiger charge is 2.15. The van der Waals surface area contributed by atoms with Crippen molar-refractivity contribution >= 4 is 17.2 Å². The molecule has 0 saturated carbocycles. The van der Waals surface area contributed by atoms with Crippen molar-refractivity contribution in [1.82, 2.24) is 10.3 Å². The van der Waals surface area contributed by atoms with Crippen molar-refractivity contribution < 1.29 is 14.3 Å². The molecule has 0 unspecified atom stereocenters. The lowest BCUT2D eigenvalue weighted by atomic mass is 10.2. The van der Waals surface area contributed by atoms with Crippen LogP contribution in [0.15, 0.2) is 18.2 Å². The van der Waals surface area contributed by atoms with E-state index >= 15 is 0 Å². The average Bonchev–Trinajstić information content (AvgIpc) is 3.01. The van der Waals surface area contributed by atoms with E-state index in [2.05, 4.69) is 24.1 Å². The first-order valence-electron chi connectivity index (χ1n) is 9.13. The van der Waals surface area contributed by atoms with Crippen molar-refractivity contribution in [1.29, 1.82) is 0 Å². The maximum absolute atomic E-state index is 12.5. The van der Waals surface area contributed by atoms with E-state index in [1.165, 1.54) is 11.3 Å². The van der Waals surface area contributed by atoms with E-state index in [0.717, 1.165) is 47.7 Å². The Labute approximate surface area is 159 Å². The summed E-state index contributed by atoms with van der Waals surface area (Å²) < 4.78 is 11.2. The van der Waals surface area contributed by atoms with Crippen LogP contribution in [0.2, 0.25) is 0 Å². The van der Waals surface area contributed by atoms with E-state index in [0.29, 0.717) is 23.8 Å². The number of ether oxygens (including phenoxy) is 2. The zero-order valence-corrected chi connectivity index (χ0v) is 16.9. The molecule has 6 heteroatoms.